The lowest BCUT2D eigenvalue weighted by atomic mass is 10.1. The fraction of sp³-hybridized carbons (Fsp3) is 0.269. The number of fused-ring (bicyclic) bond motifs is 1. The number of nitrogens with one attached hydrogen (secondary N) is 1. The molecule has 36 heavy (non-hydrogen) atoms. The Hall–Kier alpha value is -4.49. The van der Waals surface area contributed by atoms with Crippen molar-refractivity contribution < 1.29 is 9.32 Å². The Morgan fingerprint density at radius 1 is 1.17 bits per heavy atom. The summed E-state index contributed by atoms with van der Waals surface area (Å²) in [6.07, 6.45) is 2.77. The van der Waals surface area contributed by atoms with E-state index >= 15 is 0 Å². The van der Waals surface area contributed by atoms with E-state index in [4.69, 9.17) is 4.52 Å². The monoisotopic (exact) mass is 483 g/mol. The molecule has 1 saturated heterocycles. The van der Waals surface area contributed by atoms with Crippen molar-refractivity contribution in [3.63, 3.8) is 0 Å². The number of anilines is 2. The highest BCUT2D eigenvalue weighted by atomic mass is 16.5. The summed E-state index contributed by atoms with van der Waals surface area (Å²) >= 11 is 0. The van der Waals surface area contributed by atoms with Crippen LogP contribution < -0.4 is 15.8 Å². The molecule has 1 N–H and O–H groups in total. The largest absolute Gasteiger partial charge is 0.369 e. The van der Waals surface area contributed by atoms with Crippen LogP contribution in [-0.4, -0.2) is 58.2 Å². The number of benzene rings is 2. The number of carbonyl (C=O) groups excluding carboxylic acids is 1. The number of hydrogen-bond acceptors (Lipinski definition) is 8. The van der Waals surface area contributed by atoms with Crippen LogP contribution >= 0.6 is 0 Å². The molecule has 10 heteroatoms. The summed E-state index contributed by atoms with van der Waals surface area (Å²) < 4.78 is 6.18. The number of piperazine rings is 1. The zero-order chi connectivity index (χ0) is 25.2. The quantitative estimate of drug-likeness (QED) is 0.460. The molecule has 0 radical (unpaired) electrons. The third kappa shape index (κ3) is 4.32. The van der Waals surface area contributed by atoms with Gasteiger partial charge in [-0.2, -0.15) is 5.26 Å². The number of nitrogens with zero attached hydrogens (tertiary/aromatic N) is 6. The predicted molar refractivity (Wildman–Crippen MR) is 136 cm³/mol. The van der Waals surface area contributed by atoms with Crippen LogP contribution in [0.2, 0.25) is 0 Å². The molecule has 1 aliphatic heterocycles. The van der Waals surface area contributed by atoms with E-state index in [1.165, 1.54) is 23.2 Å². The van der Waals surface area contributed by atoms with Gasteiger partial charge in [-0.25, -0.2) is 4.98 Å². The first-order valence-electron chi connectivity index (χ1n) is 11.7. The second kappa shape index (κ2) is 9.64. The van der Waals surface area contributed by atoms with Gasteiger partial charge in [0.15, 0.2) is 5.82 Å². The van der Waals surface area contributed by atoms with E-state index in [9.17, 15) is 14.9 Å². The van der Waals surface area contributed by atoms with E-state index < -0.39 is 0 Å². The van der Waals surface area contributed by atoms with Gasteiger partial charge in [-0.15, -0.1) is 0 Å². The molecule has 10 nitrogen and oxygen atoms in total. The van der Waals surface area contributed by atoms with E-state index in [1.807, 2.05) is 13.0 Å². The number of rotatable bonds is 5. The molecule has 0 atom stereocenters. The van der Waals surface area contributed by atoms with E-state index in [0.717, 1.165) is 44.0 Å². The zero-order valence-corrected chi connectivity index (χ0v) is 20.1. The topological polar surface area (TPSA) is 120 Å². The van der Waals surface area contributed by atoms with Crippen molar-refractivity contribution in [3.8, 4) is 11.8 Å². The average molecular weight is 484 g/mol. The molecular weight excluding hydrogens is 458 g/mol. The number of carbonyl (C=O) groups is 1. The maximum Gasteiger partial charge on any atom is 0.265 e. The molecule has 1 fully saturated rings. The second-order valence-electron chi connectivity index (χ2n) is 8.68. The molecule has 182 valence electrons. The van der Waals surface area contributed by atoms with Gasteiger partial charge in [0, 0.05) is 43.5 Å². The summed E-state index contributed by atoms with van der Waals surface area (Å²) in [5.41, 5.74) is 2.94. The molecule has 0 bridgehead atoms. The summed E-state index contributed by atoms with van der Waals surface area (Å²) in [6.45, 7) is 8.49. The lowest BCUT2D eigenvalue weighted by Gasteiger charge is -2.35. The van der Waals surface area contributed by atoms with Crippen molar-refractivity contribution in [3.05, 3.63) is 76.0 Å². The van der Waals surface area contributed by atoms with Crippen LogP contribution in [0.15, 0.2) is 58.3 Å². The second-order valence-corrected chi connectivity index (χ2v) is 8.68. The Kier molecular flexibility index (Phi) is 6.23. The highest BCUT2D eigenvalue weighted by Gasteiger charge is 2.20. The van der Waals surface area contributed by atoms with Gasteiger partial charge in [0.1, 0.15) is 18.7 Å². The molecule has 5 rings (SSSR count). The molecule has 2 aromatic carbocycles. The minimum Gasteiger partial charge on any atom is -0.369 e. The van der Waals surface area contributed by atoms with Crippen molar-refractivity contribution >= 4 is 28.3 Å². The zero-order valence-electron chi connectivity index (χ0n) is 20.1. The fourth-order valence-corrected chi connectivity index (χ4v) is 4.46. The molecule has 0 saturated carbocycles. The predicted octanol–water partition coefficient (Wildman–Crippen LogP) is 2.95. The minimum absolute atomic E-state index is 0.294. The van der Waals surface area contributed by atoms with Crippen LogP contribution in [0.3, 0.4) is 0 Å². The van der Waals surface area contributed by atoms with Crippen LogP contribution in [0.1, 0.15) is 28.4 Å². The van der Waals surface area contributed by atoms with Gasteiger partial charge >= 0.3 is 0 Å². The maximum absolute atomic E-state index is 13.7. The molecule has 4 aromatic rings. The van der Waals surface area contributed by atoms with E-state index in [1.54, 1.807) is 24.3 Å². The minimum atomic E-state index is -0.382. The van der Waals surface area contributed by atoms with Crippen molar-refractivity contribution in [1.82, 2.24) is 19.6 Å². The van der Waals surface area contributed by atoms with Crippen molar-refractivity contribution in [1.29, 1.82) is 5.26 Å². The van der Waals surface area contributed by atoms with Gasteiger partial charge in [-0.05, 0) is 43.3 Å². The van der Waals surface area contributed by atoms with Gasteiger partial charge in [0.2, 0.25) is 0 Å². The molecule has 0 spiro atoms. The first-order chi connectivity index (χ1) is 17.5. The Bertz CT molecular complexity index is 1530. The van der Waals surface area contributed by atoms with Crippen LogP contribution in [0.5, 0.6) is 0 Å². The van der Waals surface area contributed by atoms with Gasteiger partial charge < -0.3 is 19.6 Å². The standard InChI is InChI=1S/C26H25N7O3/c1-3-31-7-9-32(10-8-31)20-12-19(15-27)24-21(14-20)26(35)33(16-28-24)22-13-18(5-4-17(22)2)25(34)29-23-6-11-36-30-23/h4-6,11-14,16H,3,7-10H2,1-2H3,(H,29,30,34). The van der Waals surface area contributed by atoms with Crippen LogP contribution in [0.4, 0.5) is 11.5 Å². The third-order valence-corrected chi connectivity index (χ3v) is 6.56. The number of likely N-dealkylation sites (N-methyl/N-ethyl adjacent to an activating group) is 1. The Morgan fingerprint density at radius 2 is 1.97 bits per heavy atom. The number of aryl methyl sites for hydroxylation is 1. The van der Waals surface area contributed by atoms with Gasteiger partial charge in [-0.3, -0.25) is 14.2 Å². The first kappa shape index (κ1) is 23.3. The number of aromatic nitrogens is 3. The average Bonchev–Trinajstić information content (AvgIpc) is 3.42. The number of amides is 1. The Morgan fingerprint density at radius 3 is 2.67 bits per heavy atom. The fourth-order valence-electron chi connectivity index (χ4n) is 4.46. The van der Waals surface area contributed by atoms with E-state index in [-0.39, 0.29) is 11.5 Å². The lowest BCUT2D eigenvalue weighted by molar-refractivity contribution is 0.102. The molecule has 3 heterocycles. The van der Waals surface area contributed by atoms with Crippen LogP contribution in [0.25, 0.3) is 16.6 Å². The highest BCUT2D eigenvalue weighted by Crippen LogP contribution is 2.25. The molecule has 0 aliphatic carbocycles. The SMILES string of the molecule is CCN1CCN(c2cc(C#N)c3ncn(-c4cc(C(=O)Nc5ccon5)ccc4C)c(=O)c3c2)CC1. The van der Waals surface area contributed by atoms with Crippen LogP contribution in [0, 0.1) is 18.3 Å². The van der Waals surface area contributed by atoms with Crippen molar-refractivity contribution in [2.45, 2.75) is 13.8 Å². The molecule has 2 aromatic heterocycles. The van der Waals surface area contributed by atoms with Gasteiger partial charge in [0.25, 0.3) is 11.5 Å². The van der Waals surface area contributed by atoms with Crippen molar-refractivity contribution in [2.24, 2.45) is 0 Å². The summed E-state index contributed by atoms with van der Waals surface area (Å²) in [6, 6.07) is 12.4. The number of hydrogen-bond donors (Lipinski definition) is 1. The van der Waals surface area contributed by atoms with Gasteiger partial charge in [0.05, 0.1) is 22.2 Å². The molecule has 1 amide bonds. The molecular formula is C26H25N7O3. The first-order valence-corrected chi connectivity index (χ1v) is 11.7. The van der Waals surface area contributed by atoms with Crippen LogP contribution in [-0.2, 0) is 0 Å². The molecule has 1 aliphatic rings. The lowest BCUT2D eigenvalue weighted by Crippen LogP contribution is -2.46. The summed E-state index contributed by atoms with van der Waals surface area (Å²) in [5, 5.41) is 16.5. The highest BCUT2D eigenvalue weighted by molar-refractivity contribution is 6.04. The third-order valence-electron chi connectivity index (χ3n) is 6.56. The maximum atomic E-state index is 13.7. The summed E-state index contributed by atoms with van der Waals surface area (Å²) in [5.74, 6) is -0.0878. The van der Waals surface area contributed by atoms with Gasteiger partial charge in [-0.1, -0.05) is 18.1 Å². The normalized spacial score (nSPS) is 14.1. The summed E-state index contributed by atoms with van der Waals surface area (Å²) in [7, 11) is 0. The smallest absolute Gasteiger partial charge is 0.265 e. The van der Waals surface area contributed by atoms with Crippen molar-refractivity contribution in [2.75, 3.05) is 42.9 Å². The molecule has 0 unspecified atom stereocenters. The Balaban J connectivity index is 1.56. The van der Waals surface area contributed by atoms with E-state index in [2.05, 4.69) is 38.3 Å². The Labute approximate surface area is 207 Å². The number of nitriles is 1. The summed E-state index contributed by atoms with van der Waals surface area (Å²) in [4.78, 5) is 35.4. The van der Waals surface area contributed by atoms with E-state index in [0.29, 0.717) is 33.5 Å².